The van der Waals surface area contributed by atoms with E-state index in [2.05, 4.69) is 5.32 Å². The number of carbonyl (C=O) groups excluding carboxylic acids is 1. The first-order valence-corrected chi connectivity index (χ1v) is 12.5. The minimum atomic E-state index is -3.74. The van der Waals surface area contributed by atoms with Crippen LogP contribution in [0.5, 0.6) is 0 Å². The van der Waals surface area contributed by atoms with E-state index in [4.69, 9.17) is 0 Å². The van der Waals surface area contributed by atoms with Crippen molar-refractivity contribution in [3.63, 3.8) is 0 Å². The van der Waals surface area contributed by atoms with E-state index in [0.717, 1.165) is 5.75 Å². The van der Waals surface area contributed by atoms with Gasteiger partial charge in [0.25, 0.3) is 15.9 Å². The number of sulfonamides is 1. The third-order valence-corrected chi connectivity index (χ3v) is 8.35. The minimum absolute atomic E-state index is 0.196. The van der Waals surface area contributed by atoms with Gasteiger partial charge in [-0.25, -0.2) is 8.42 Å². The van der Waals surface area contributed by atoms with Crippen LogP contribution in [0.1, 0.15) is 42.5 Å². The molecule has 1 N–H and O–H groups in total. The third kappa shape index (κ3) is 5.54. The lowest BCUT2D eigenvalue weighted by Gasteiger charge is -2.22. The molecule has 29 heavy (non-hydrogen) atoms. The molecule has 1 amide bonds. The molecule has 1 fully saturated rings. The van der Waals surface area contributed by atoms with Gasteiger partial charge in [0, 0.05) is 24.6 Å². The summed E-state index contributed by atoms with van der Waals surface area (Å²) in [7, 11) is -2.26. The number of hydrogen-bond acceptors (Lipinski definition) is 4. The first kappa shape index (κ1) is 21.7. The van der Waals surface area contributed by atoms with E-state index in [0.29, 0.717) is 23.0 Å². The molecule has 1 aliphatic rings. The predicted molar refractivity (Wildman–Crippen MR) is 120 cm³/mol. The fraction of sp³-hybridized carbons (Fsp3) is 0.409. The molecule has 1 aliphatic carbocycles. The Morgan fingerprint density at radius 3 is 2.41 bits per heavy atom. The zero-order valence-electron chi connectivity index (χ0n) is 16.7. The number of anilines is 1. The molecule has 0 radical (unpaired) electrons. The van der Waals surface area contributed by atoms with E-state index in [1.54, 1.807) is 54.6 Å². The molecule has 2 aromatic carbocycles. The van der Waals surface area contributed by atoms with Crippen molar-refractivity contribution in [2.24, 2.45) is 0 Å². The highest BCUT2D eigenvalue weighted by Gasteiger charge is 2.24. The average Bonchev–Trinajstić information content (AvgIpc) is 2.77. The summed E-state index contributed by atoms with van der Waals surface area (Å²) in [6.07, 6.45) is 6.48. The Kier molecular flexibility index (Phi) is 7.61. The van der Waals surface area contributed by atoms with Crippen LogP contribution >= 0.6 is 11.8 Å². The number of thioether (sulfide) groups is 1. The second kappa shape index (κ2) is 10.2. The Morgan fingerprint density at radius 2 is 1.69 bits per heavy atom. The number of nitrogens with zero attached hydrogens (tertiary/aromatic N) is 1. The highest BCUT2D eigenvalue weighted by molar-refractivity contribution is 7.99. The SMILES string of the molecule is CN(c1ccccc1C(=O)NCCSC1CCCCC1)S(=O)(=O)c1ccccc1. The van der Waals surface area contributed by atoms with Crippen molar-refractivity contribution in [3.8, 4) is 0 Å². The van der Waals surface area contributed by atoms with Gasteiger partial charge in [-0.05, 0) is 37.1 Å². The van der Waals surface area contributed by atoms with Crippen LogP contribution in [0, 0.1) is 0 Å². The van der Waals surface area contributed by atoms with Crippen LogP contribution in [-0.2, 0) is 10.0 Å². The van der Waals surface area contributed by atoms with Crippen LogP contribution in [0.15, 0.2) is 59.5 Å². The van der Waals surface area contributed by atoms with Crippen LogP contribution in [0.25, 0.3) is 0 Å². The average molecular weight is 433 g/mol. The summed E-state index contributed by atoms with van der Waals surface area (Å²) in [4.78, 5) is 12.9. The summed E-state index contributed by atoms with van der Waals surface area (Å²) in [6.45, 7) is 0.573. The first-order chi connectivity index (χ1) is 14.0. The third-order valence-electron chi connectivity index (χ3n) is 5.18. The zero-order chi connectivity index (χ0) is 20.7. The molecule has 3 rings (SSSR count). The number of amides is 1. The molecule has 2 aromatic rings. The number of rotatable bonds is 8. The van der Waals surface area contributed by atoms with Gasteiger partial charge in [-0.2, -0.15) is 11.8 Å². The van der Waals surface area contributed by atoms with E-state index in [1.807, 2.05) is 11.8 Å². The number of para-hydroxylation sites is 1. The van der Waals surface area contributed by atoms with Gasteiger partial charge in [-0.1, -0.05) is 49.6 Å². The van der Waals surface area contributed by atoms with Gasteiger partial charge in [0.1, 0.15) is 0 Å². The van der Waals surface area contributed by atoms with Crippen molar-refractivity contribution in [1.29, 1.82) is 0 Å². The highest BCUT2D eigenvalue weighted by atomic mass is 32.2. The molecule has 5 nitrogen and oxygen atoms in total. The minimum Gasteiger partial charge on any atom is -0.351 e. The molecule has 0 unspecified atom stereocenters. The maximum Gasteiger partial charge on any atom is 0.264 e. The number of hydrogen-bond donors (Lipinski definition) is 1. The van der Waals surface area contributed by atoms with Crippen LogP contribution in [-0.4, -0.2) is 38.9 Å². The van der Waals surface area contributed by atoms with Gasteiger partial charge in [0.05, 0.1) is 16.1 Å². The molecule has 0 aromatic heterocycles. The van der Waals surface area contributed by atoms with Crippen LogP contribution in [0.2, 0.25) is 0 Å². The Balaban J connectivity index is 1.65. The lowest BCUT2D eigenvalue weighted by Crippen LogP contribution is -2.31. The van der Waals surface area contributed by atoms with E-state index in [9.17, 15) is 13.2 Å². The first-order valence-electron chi connectivity index (χ1n) is 10.0. The van der Waals surface area contributed by atoms with Crippen molar-refractivity contribution in [2.75, 3.05) is 23.7 Å². The molecule has 7 heteroatoms. The molecular weight excluding hydrogens is 404 g/mol. The van der Waals surface area contributed by atoms with Gasteiger partial charge in [0.2, 0.25) is 0 Å². The Hall–Kier alpha value is -1.99. The summed E-state index contributed by atoms with van der Waals surface area (Å²) < 4.78 is 27.0. The standard InChI is InChI=1S/C22H28N2O3S2/c1-24(29(26,27)19-12-6-3-7-13-19)21-15-9-8-14-20(21)22(25)23-16-17-28-18-10-4-2-5-11-18/h3,6-9,12-15,18H,2,4-5,10-11,16-17H2,1H3,(H,23,25). The molecule has 156 valence electrons. The van der Waals surface area contributed by atoms with Crippen molar-refractivity contribution < 1.29 is 13.2 Å². The van der Waals surface area contributed by atoms with Gasteiger partial charge in [-0.15, -0.1) is 0 Å². The van der Waals surface area contributed by atoms with Crippen molar-refractivity contribution in [2.45, 2.75) is 42.2 Å². The highest BCUT2D eigenvalue weighted by Crippen LogP contribution is 2.28. The molecule has 0 aliphatic heterocycles. The zero-order valence-corrected chi connectivity index (χ0v) is 18.3. The van der Waals surface area contributed by atoms with Gasteiger partial charge >= 0.3 is 0 Å². The molecule has 0 atom stereocenters. The van der Waals surface area contributed by atoms with Crippen molar-refractivity contribution >= 4 is 33.4 Å². The summed E-state index contributed by atoms with van der Waals surface area (Å²) in [5.74, 6) is 0.622. The molecular formula is C22H28N2O3S2. The maximum atomic E-state index is 12.9. The maximum absolute atomic E-state index is 12.9. The van der Waals surface area contributed by atoms with Crippen molar-refractivity contribution in [3.05, 3.63) is 60.2 Å². The van der Waals surface area contributed by atoms with E-state index in [1.165, 1.54) is 43.5 Å². The Bertz CT molecular complexity index is 911. The quantitative estimate of drug-likeness (QED) is 0.632. The van der Waals surface area contributed by atoms with Crippen molar-refractivity contribution in [1.82, 2.24) is 5.32 Å². The molecule has 0 saturated heterocycles. The molecule has 0 bridgehead atoms. The van der Waals surface area contributed by atoms with Gasteiger partial charge in [-0.3, -0.25) is 9.10 Å². The summed E-state index contributed by atoms with van der Waals surface area (Å²) >= 11 is 1.93. The molecule has 0 spiro atoms. The number of nitrogens with one attached hydrogen (secondary N) is 1. The normalized spacial score (nSPS) is 15.1. The summed E-state index contributed by atoms with van der Waals surface area (Å²) in [5.41, 5.74) is 0.728. The predicted octanol–water partition coefficient (Wildman–Crippen LogP) is 4.31. The topological polar surface area (TPSA) is 66.5 Å². The van der Waals surface area contributed by atoms with Crippen LogP contribution in [0.4, 0.5) is 5.69 Å². The van der Waals surface area contributed by atoms with Gasteiger partial charge in [0.15, 0.2) is 0 Å². The lowest BCUT2D eigenvalue weighted by molar-refractivity contribution is 0.0957. The molecule has 1 saturated carbocycles. The molecule has 0 heterocycles. The number of carbonyl (C=O) groups is 1. The second-order valence-electron chi connectivity index (χ2n) is 7.19. The van der Waals surface area contributed by atoms with E-state index >= 15 is 0 Å². The van der Waals surface area contributed by atoms with Crippen LogP contribution in [0.3, 0.4) is 0 Å². The lowest BCUT2D eigenvalue weighted by atomic mass is 10.0. The fourth-order valence-corrected chi connectivity index (χ4v) is 5.99. The van der Waals surface area contributed by atoms with Gasteiger partial charge < -0.3 is 5.32 Å². The fourth-order valence-electron chi connectivity index (χ4n) is 3.54. The van der Waals surface area contributed by atoms with Crippen LogP contribution < -0.4 is 9.62 Å². The Labute approximate surface area is 177 Å². The number of benzene rings is 2. The Morgan fingerprint density at radius 1 is 1.03 bits per heavy atom. The largest absolute Gasteiger partial charge is 0.351 e. The smallest absolute Gasteiger partial charge is 0.264 e. The van der Waals surface area contributed by atoms with E-state index in [-0.39, 0.29) is 10.8 Å². The monoisotopic (exact) mass is 432 g/mol. The summed E-state index contributed by atoms with van der Waals surface area (Å²) in [5, 5.41) is 3.65. The second-order valence-corrected chi connectivity index (χ2v) is 10.6. The van der Waals surface area contributed by atoms with E-state index < -0.39 is 10.0 Å². The summed E-state index contributed by atoms with van der Waals surface area (Å²) in [6, 6.07) is 15.1.